The van der Waals surface area contributed by atoms with Gasteiger partial charge in [-0.3, -0.25) is 4.79 Å². The predicted octanol–water partition coefficient (Wildman–Crippen LogP) is 3.45. The van der Waals surface area contributed by atoms with E-state index in [0.29, 0.717) is 11.8 Å². The van der Waals surface area contributed by atoms with Gasteiger partial charge in [-0.25, -0.2) is 0 Å². The summed E-state index contributed by atoms with van der Waals surface area (Å²) in [6.45, 7) is 8.43. The molecule has 27 heavy (non-hydrogen) atoms. The number of hydrogen-bond donors (Lipinski definition) is 1. The number of carbonyl (C=O) groups excluding carboxylic acids is 1. The van der Waals surface area contributed by atoms with Crippen molar-refractivity contribution >= 4 is 5.91 Å². The zero-order chi connectivity index (χ0) is 18.6. The molecule has 0 radical (unpaired) electrons. The molecule has 4 aliphatic rings. The van der Waals surface area contributed by atoms with Crippen molar-refractivity contribution in [3.8, 4) is 5.75 Å². The number of ether oxygens (including phenoxy) is 1. The standard InChI is InChI=1S/C23H32N2O2/c1-15(2)17-3-6-21-19(11-17)23(8-10-27-21)12-20(23)22(26)24-13-16-7-9-25(14-16)18-4-5-18/h3,6,11,15-16,18,20H,4-5,7-10,12-14H2,1-2H3,(H,24,26)/t16?,20-,23-/m0/s1. The van der Waals surface area contributed by atoms with E-state index in [9.17, 15) is 4.79 Å². The van der Waals surface area contributed by atoms with Crippen molar-refractivity contribution in [3.63, 3.8) is 0 Å². The largest absolute Gasteiger partial charge is 0.493 e. The summed E-state index contributed by atoms with van der Waals surface area (Å²) in [4.78, 5) is 15.5. The molecule has 1 amide bonds. The Hall–Kier alpha value is -1.55. The maximum absolute atomic E-state index is 12.9. The molecule has 0 aromatic heterocycles. The van der Waals surface area contributed by atoms with Crippen molar-refractivity contribution < 1.29 is 9.53 Å². The number of nitrogens with one attached hydrogen (secondary N) is 1. The quantitative estimate of drug-likeness (QED) is 0.865. The molecule has 4 heteroatoms. The van der Waals surface area contributed by atoms with Gasteiger partial charge in [-0.05, 0) is 62.1 Å². The van der Waals surface area contributed by atoms with Crippen molar-refractivity contribution in [1.82, 2.24) is 10.2 Å². The smallest absolute Gasteiger partial charge is 0.224 e. The summed E-state index contributed by atoms with van der Waals surface area (Å²) in [7, 11) is 0. The third kappa shape index (κ3) is 3.16. The van der Waals surface area contributed by atoms with Crippen molar-refractivity contribution in [1.29, 1.82) is 0 Å². The van der Waals surface area contributed by atoms with Crippen LogP contribution in [0, 0.1) is 11.8 Å². The molecule has 0 bridgehead atoms. The van der Waals surface area contributed by atoms with Gasteiger partial charge in [0.2, 0.25) is 5.91 Å². The summed E-state index contributed by atoms with van der Waals surface area (Å²) in [5, 5.41) is 3.30. The monoisotopic (exact) mass is 368 g/mol. The molecule has 2 saturated carbocycles. The Morgan fingerprint density at radius 3 is 2.96 bits per heavy atom. The topological polar surface area (TPSA) is 41.6 Å². The first-order chi connectivity index (χ1) is 13.1. The van der Waals surface area contributed by atoms with E-state index in [-0.39, 0.29) is 17.2 Å². The summed E-state index contributed by atoms with van der Waals surface area (Å²) in [6.07, 6.45) is 5.95. The lowest BCUT2D eigenvalue weighted by Gasteiger charge is -2.28. The Balaban J connectivity index is 1.23. The van der Waals surface area contributed by atoms with Gasteiger partial charge in [0, 0.05) is 36.0 Å². The number of rotatable bonds is 5. The van der Waals surface area contributed by atoms with E-state index in [4.69, 9.17) is 4.74 Å². The van der Waals surface area contributed by atoms with Crippen LogP contribution < -0.4 is 10.1 Å². The minimum atomic E-state index is 0.0261. The fourth-order valence-electron chi connectivity index (χ4n) is 5.29. The molecule has 1 saturated heterocycles. The van der Waals surface area contributed by atoms with E-state index in [2.05, 4.69) is 42.3 Å². The number of benzene rings is 1. The lowest BCUT2D eigenvalue weighted by molar-refractivity contribution is -0.123. The van der Waals surface area contributed by atoms with E-state index in [1.165, 1.54) is 43.5 Å². The molecule has 5 rings (SSSR count). The van der Waals surface area contributed by atoms with Gasteiger partial charge in [0.25, 0.3) is 0 Å². The Morgan fingerprint density at radius 2 is 2.19 bits per heavy atom. The molecule has 1 unspecified atom stereocenters. The van der Waals surface area contributed by atoms with E-state index >= 15 is 0 Å². The average molecular weight is 369 g/mol. The molecular formula is C23H32N2O2. The minimum absolute atomic E-state index is 0.0261. The molecule has 1 aromatic carbocycles. The second-order valence-corrected chi connectivity index (χ2v) is 9.55. The van der Waals surface area contributed by atoms with Crippen LogP contribution in [0.15, 0.2) is 18.2 Å². The summed E-state index contributed by atoms with van der Waals surface area (Å²) in [5.74, 6) is 2.53. The second-order valence-electron chi connectivity index (χ2n) is 9.55. The van der Waals surface area contributed by atoms with Crippen molar-refractivity contribution in [3.05, 3.63) is 29.3 Å². The van der Waals surface area contributed by atoms with Crippen molar-refractivity contribution in [2.24, 2.45) is 11.8 Å². The van der Waals surface area contributed by atoms with Gasteiger partial charge >= 0.3 is 0 Å². The zero-order valence-electron chi connectivity index (χ0n) is 16.7. The number of carbonyl (C=O) groups is 1. The SMILES string of the molecule is CC(C)c1ccc2c(c1)[C@]1(CCO2)C[C@H]1C(=O)NCC1CCN(C2CC2)C1. The summed E-state index contributed by atoms with van der Waals surface area (Å²) in [6, 6.07) is 7.44. The number of amides is 1. The molecule has 146 valence electrons. The van der Waals surface area contributed by atoms with Crippen LogP contribution >= 0.6 is 0 Å². The van der Waals surface area contributed by atoms with Gasteiger partial charge in [0.1, 0.15) is 5.75 Å². The first kappa shape index (κ1) is 17.5. The van der Waals surface area contributed by atoms with E-state index in [1.807, 2.05) is 0 Å². The maximum atomic E-state index is 12.9. The fraction of sp³-hybridized carbons (Fsp3) is 0.696. The molecule has 2 heterocycles. The van der Waals surface area contributed by atoms with E-state index in [0.717, 1.165) is 37.8 Å². The number of nitrogens with zero attached hydrogens (tertiary/aromatic N) is 1. The second kappa shape index (κ2) is 6.51. The van der Waals surface area contributed by atoms with Crippen LogP contribution in [0.2, 0.25) is 0 Å². The Bertz CT molecular complexity index is 742. The molecule has 2 aliphatic carbocycles. The van der Waals surface area contributed by atoms with Gasteiger partial charge in [0.15, 0.2) is 0 Å². The van der Waals surface area contributed by atoms with Crippen LogP contribution in [0.5, 0.6) is 5.75 Å². The summed E-state index contributed by atoms with van der Waals surface area (Å²) in [5.41, 5.74) is 2.65. The molecule has 1 spiro atoms. The van der Waals surface area contributed by atoms with Crippen molar-refractivity contribution in [2.75, 3.05) is 26.2 Å². The zero-order valence-corrected chi connectivity index (χ0v) is 16.7. The molecular weight excluding hydrogens is 336 g/mol. The van der Waals surface area contributed by atoms with E-state index < -0.39 is 0 Å². The van der Waals surface area contributed by atoms with Crippen LogP contribution in [0.1, 0.15) is 63.0 Å². The van der Waals surface area contributed by atoms with Gasteiger partial charge in [-0.2, -0.15) is 0 Å². The van der Waals surface area contributed by atoms with Crippen LogP contribution in [0.25, 0.3) is 0 Å². The van der Waals surface area contributed by atoms with Crippen LogP contribution in [-0.2, 0) is 10.2 Å². The van der Waals surface area contributed by atoms with Crippen LogP contribution in [0.3, 0.4) is 0 Å². The number of likely N-dealkylation sites (tertiary alicyclic amines) is 1. The lowest BCUT2D eigenvalue weighted by Crippen LogP contribution is -2.35. The highest BCUT2D eigenvalue weighted by Crippen LogP contribution is 2.61. The lowest BCUT2D eigenvalue weighted by atomic mass is 9.85. The Kier molecular flexibility index (Phi) is 4.23. The Labute approximate surface area is 162 Å². The van der Waals surface area contributed by atoms with Gasteiger partial charge in [-0.15, -0.1) is 0 Å². The minimum Gasteiger partial charge on any atom is -0.493 e. The molecule has 1 aromatic rings. The summed E-state index contributed by atoms with van der Waals surface area (Å²) < 4.78 is 5.91. The molecule has 3 fully saturated rings. The first-order valence-corrected chi connectivity index (χ1v) is 10.9. The summed E-state index contributed by atoms with van der Waals surface area (Å²) >= 11 is 0. The van der Waals surface area contributed by atoms with Gasteiger partial charge in [0.05, 0.1) is 6.61 Å². The molecule has 4 nitrogen and oxygen atoms in total. The molecule has 2 aliphatic heterocycles. The number of fused-ring (bicyclic) bond motifs is 2. The highest BCUT2D eigenvalue weighted by atomic mass is 16.5. The molecule has 1 N–H and O–H groups in total. The normalized spacial score (nSPS) is 32.4. The first-order valence-electron chi connectivity index (χ1n) is 10.9. The maximum Gasteiger partial charge on any atom is 0.224 e. The average Bonchev–Trinajstić information content (AvgIpc) is 3.59. The van der Waals surface area contributed by atoms with Gasteiger partial charge in [-0.1, -0.05) is 26.0 Å². The fourth-order valence-corrected chi connectivity index (χ4v) is 5.29. The highest BCUT2D eigenvalue weighted by Gasteiger charge is 2.61. The van der Waals surface area contributed by atoms with Crippen LogP contribution in [0.4, 0.5) is 0 Å². The van der Waals surface area contributed by atoms with Crippen molar-refractivity contribution in [2.45, 2.75) is 63.3 Å². The predicted molar refractivity (Wildman–Crippen MR) is 106 cm³/mol. The Morgan fingerprint density at radius 1 is 1.33 bits per heavy atom. The van der Waals surface area contributed by atoms with Crippen LogP contribution in [-0.4, -0.2) is 43.1 Å². The molecule has 3 atom stereocenters. The number of hydrogen-bond acceptors (Lipinski definition) is 3. The van der Waals surface area contributed by atoms with Gasteiger partial charge < -0.3 is 15.0 Å². The van der Waals surface area contributed by atoms with E-state index in [1.54, 1.807) is 0 Å². The highest BCUT2D eigenvalue weighted by molar-refractivity contribution is 5.85. The third-order valence-corrected chi connectivity index (χ3v) is 7.35. The third-order valence-electron chi connectivity index (χ3n) is 7.35.